The largest absolute Gasteiger partial charge is 0.465 e. The summed E-state index contributed by atoms with van der Waals surface area (Å²) < 4.78 is 7.88. The molecule has 0 aliphatic heterocycles. The minimum absolute atomic E-state index is 0.243. The molecule has 2 aromatic rings. The van der Waals surface area contributed by atoms with Gasteiger partial charge in [-0.1, -0.05) is 29.4 Å². The van der Waals surface area contributed by atoms with Gasteiger partial charge in [0.2, 0.25) is 0 Å². The maximum atomic E-state index is 12.3. The summed E-state index contributed by atoms with van der Waals surface area (Å²) in [7, 11) is 1.52. The van der Waals surface area contributed by atoms with Crippen LogP contribution in [0.4, 0.5) is 0 Å². The molecule has 2 heterocycles. The lowest BCUT2D eigenvalue weighted by molar-refractivity contribution is -0.142. The van der Waals surface area contributed by atoms with E-state index in [4.69, 9.17) is 16.3 Å². The molecule has 0 aliphatic rings. The number of hydrogen-bond donors (Lipinski definition) is 1. The summed E-state index contributed by atoms with van der Waals surface area (Å²) in [6.45, 7) is 5.70. The number of aromatic amines is 1. The van der Waals surface area contributed by atoms with E-state index in [2.05, 4.69) is 9.97 Å². The van der Waals surface area contributed by atoms with E-state index in [1.807, 2.05) is 0 Å². The molecule has 0 spiro atoms. The Morgan fingerprint density at radius 3 is 2.76 bits per heavy atom. The first-order valence-corrected chi connectivity index (χ1v) is 8.87. The van der Waals surface area contributed by atoms with Gasteiger partial charge in [-0.05, 0) is 20.8 Å². The van der Waals surface area contributed by atoms with E-state index in [-0.39, 0.29) is 30.3 Å². The van der Waals surface area contributed by atoms with Crippen LogP contribution < -0.4 is 11.2 Å². The molecule has 2 rings (SSSR count). The summed E-state index contributed by atoms with van der Waals surface area (Å²) >= 11 is 7.05. The Morgan fingerprint density at radius 1 is 1.48 bits per heavy atom. The number of nitrogens with zero attached hydrogens (tertiary/aromatic N) is 3. The summed E-state index contributed by atoms with van der Waals surface area (Å²) in [5.74, 6) is -0.377. The van der Waals surface area contributed by atoms with Crippen LogP contribution in [0.2, 0.25) is 0 Å². The van der Waals surface area contributed by atoms with Gasteiger partial charge >= 0.3 is 11.7 Å². The fraction of sp³-hybridized carbons (Fsp3) is 0.467. The number of H-pyrrole nitrogens is 1. The van der Waals surface area contributed by atoms with Crippen molar-refractivity contribution in [3.8, 4) is 0 Å². The second-order valence-corrected chi connectivity index (χ2v) is 7.20. The molecule has 2 aromatic heterocycles. The highest BCUT2D eigenvalue weighted by molar-refractivity contribution is 8.00. The van der Waals surface area contributed by atoms with Gasteiger partial charge in [0, 0.05) is 18.6 Å². The minimum Gasteiger partial charge on any atom is -0.465 e. The summed E-state index contributed by atoms with van der Waals surface area (Å²) in [4.78, 5) is 42.6. The maximum Gasteiger partial charge on any atom is 0.329 e. The van der Waals surface area contributed by atoms with E-state index in [1.54, 1.807) is 31.4 Å². The number of fused-ring (bicyclic) bond motifs is 1. The third kappa shape index (κ3) is 4.16. The van der Waals surface area contributed by atoms with Crippen LogP contribution in [-0.4, -0.2) is 36.9 Å². The van der Waals surface area contributed by atoms with Gasteiger partial charge < -0.3 is 9.30 Å². The number of imidazole rings is 1. The zero-order chi connectivity index (χ0) is 18.7. The number of allylic oxidation sites excluding steroid dienone is 2. The van der Waals surface area contributed by atoms with Crippen LogP contribution in [0.1, 0.15) is 20.8 Å². The van der Waals surface area contributed by atoms with Crippen molar-refractivity contribution in [2.24, 2.45) is 7.05 Å². The number of carbonyl (C=O) groups excluding carboxylic acids is 1. The summed E-state index contributed by atoms with van der Waals surface area (Å²) in [6, 6.07) is 0. The van der Waals surface area contributed by atoms with E-state index in [0.29, 0.717) is 10.2 Å². The zero-order valence-corrected chi connectivity index (χ0v) is 15.9. The average molecular weight is 387 g/mol. The molecule has 0 aromatic carbocycles. The van der Waals surface area contributed by atoms with Gasteiger partial charge in [0.25, 0.3) is 5.56 Å². The predicted octanol–water partition coefficient (Wildman–Crippen LogP) is 1.61. The monoisotopic (exact) mass is 386 g/mol. The first kappa shape index (κ1) is 19.3. The number of carbonyl (C=O) groups is 1. The van der Waals surface area contributed by atoms with Crippen molar-refractivity contribution in [3.63, 3.8) is 0 Å². The van der Waals surface area contributed by atoms with Crippen LogP contribution in [0.3, 0.4) is 0 Å². The van der Waals surface area contributed by atoms with Crippen LogP contribution in [0, 0.1) is 0 Å². The first-order valence-electron chi connectivity index (χ1n) is 7.61. The van der Waals surface area contributed by atoms with Crippen molar-refractivity contribution in [1.29, 1.82) is 0 Å². The topological polar surface area (TPSA) is 99.0 Å². The second-order valence-electron chi connectivity index (χ2n) is 5.30. The number of esters is 1. The Labute approximate surface area is 152 Å². The smallest absolute Gasteiger partial charge is 0.329 e. The molecule has 25 heavy (non-hydrogen) atoms. The molecule has 136 valence electrons. The maximum absolute atomic E-state index is 12.3. The number of aromatic nitrogens is 4. The molecule has 0 aliphatic carbocycles. The van der Waals surface area contributed by atoms with Gasteiger partial charge in [-0.15, -0.1) is 0 Å². The molecule has 0 saturated heterocycles. The summed E-state index contributed by atoms with van der Waals surface area (Å²) in [6.07, 6.45) is 1.71. The van der Waals surface area contributed by atoms with Crippen molar-refractivity contribution in [1.82, 2.24) is 19.1 Å². The predicted molar refractivity (Wildman–Crippen MR) is 97.2 cm³/mol. The van der Waals surface area contributed by atoms with Crippen molar-refractivity contribution >= 4 is 40.5 Å². The Morgan fingerprint density at radius 2 is 2.16 bits per heavy atom. The van der Waals surface area contributed by atoms with Gasteiger partial charge in [-0.3, -0.25) is 19.1 Å². The van der Waals surface area contributed by atoms with E-state index < -0.39 is 16.5 Å². The minimum atomic E-state index is -0.554. The van der Waals surface area contributed by atoms with Crippen molar-refractivity contribution in [2.45, 2.75) is 37.7 Å². The molecule has 8 nitrogen and oxygen atoms in total. The molecular weight excluding hydrogens is 368 g/mol. The molecule has 0 fully saturated rings. The van der Waals surface area contributed by atoms with E-state index >= 15 is 0 Å². The standard InChI is InChI=1S/C15H19ClN4O4S/c1-5-24-13(22)9(3)25-15-17-11-10(20(15)7-6-8(2)16)12(21)18-14(23)19(11)4/h6,9H,5,7H2,1-4H3,(H,18,21,23)/b8-6+/t9-/m1/s1. The highest BCUT2D eigenvalue weighted by atomic mass is 35.5. The zero-order valence-electron chi connectivity index (χ0n) is 14.3. The van der Waals surface area contributed by atoms with E-state index in [0.717, 1.165) is 11.8 Å². The number of thioether (sulfide) groups is 1. The molecule has 0 bridgehead atoms. The number of nitrogens with one attached hydrogen (secondary N) is 1. The van der Waals surface area contributed by atoms with Crippen LogP contribution >= 0.6 is 23.4 Å². The number of hydrogen-bond acceptors (Lipinski definition) is 6. The first-order chi connectivity index (χ1) is 11.8. The Bertz CT molecular complexity index is 939. The molecule has 1 atom stereocenters. The Balaban J connectivity index is 2.60. The van der Waals surface area contributed by atoms with Gasteiger partial charge in [-0.2, -0.15) is 0 Å². The fourth-order valence-corrected chi connectivity index (χ4v) is 3.14. The van der Waals surface area contributed by atoms with E-state index in [9.17, 15) is 14.4 Å². The van der Waals surface area contributed by atoms with Crippen LogP contribution in [0.15, 0.2) is 25.9 Å². The quantitative estimate of drug-likeness (QED) is 0.598. The lowest BCUT2D eigenvalue weighted by Crippen LogP contribution is -2.29. The highest BCUT2D eigenvalue weighted by Crippen LogP contribution is 2.26. The Kier molecular flexibility index (Phi) is 6.12. The number of ether oxygens (including phenoxy) is 1. The van der Waals surface area contributed by atoms with Crippen molar-refractivity contribution < 1.29 is 9.53 Å². The van der Waals surface area contributed by atoms with Gasteiger partial charge in [0.05, 0.1) is 6.61 Å². The molecule has 0 saturated carbocycles. The fourth-order valence-electron chi connectivity index (χ4n) is 2.16. The normalized spacial score (nSPS) is 13.2. The van der Waals surface area contributed by atoms with Crippen LogP contribution in [0.5, 0.6) is 0 Å². The second kappa shape index (κ2) is 7.92. The van der Waals surface area contributed by atoms with Crippen LogP contribution in [0.25, 0.3) is 11.2 Å². The third-order valence-corrected chi connectivity index (χ3v) is 4.65. The SMILES string of the molecule is CCOC(=O)[C@@H](C)Sc1nc2c(c(=O)[nH]c(=O)n2C)n1C/C=C(\C)Cl. The third-order valence-electron chi connectivity index (χ3n) is 3.43. The molecule has 0 radical (unpaired) electrons. The molecule has 1 N–H and O–H groups in total. The van der Waals surface area contributed by atoms with Crippen molar-refractivity contribution in [2.75, 3.05) is 6.61 Å². The van der Waals surface area contributed by atoms with Crippen LogP contribution in [-0.2, 0) is 23.1 Å². The Hall–Kier alpha value is -2.00. The molecule has 10 heteroatoms. The van der Waals surface area contributed by atoms with Gasteiger partial charge in [-0.25, -0.2) is 9.78 Å². The van der Waals surface area contributed by atoms with Gasteiger partial charge in [0.1, 0.15) is 5.25 Å². The summed E-state index contributed by atoms with van der Waals surface area (Å²) in [5.41, 5.74) is -0.606. The van der Waals surface area contributed by atoms with Crippen molar-refractivity contribution in [3.05, 3.63) is 31.9 Å². The molecule has 0 amide bonds. The molecule has 0 unspecified atom stereocenters. The summed E-state index contributed by atoms with van der Waals surface area (Å²) in [5, 5.41) is 0.460. The van der Waals surface area contributed by atoms with E-state index in [1.165, 1.54) is 11.6 Å². The number of halogens is 1. The lowest BCUT2D eigenvalue weighted by atomic mass is 10.4. The highest BCUT2D eigenvalue weighted by Gasteiger charge is 2.22. The average Bonchev–Trinajstić information content (AvgIpc) is 2.89. The number of aryl methyl sites for hydroxylation is 1. The van der Waals surface area contributed by atoms with Gasteiger partial charge in [0.15, 0.2) is 16.3 Å². The number of rotatable bonds is 6. The lowest BCUT2D eigenvalue weighted by Gasteiger charge is -2.11. The molecular formula is C15H19ClN4O4S.